The molecule has 23 heavy (non-hydrogen) atoms. The van der Waals surface area contributed by atoms with Crippen molar-refractivity contribution in [3.63, 3.8) is 0 Å². The summed E-state index contributed by atoms with van der Waals surface area (Å²) in [6.45, 7) is -0.00666. The average Bonchev–Trinajstić information content (AvgIpc) is 2.90. The Balaban J connectivity index is 1.83. The summed E-state index contributed by atoms with van der Waals surface area (Å²) in [5, 5.41) is 14.9. The fourth-order valence-corrected chi connectivity index (χ4v) is 2.71. The van der Waals surface area contributed by atoms with E-state index >= 15 is 0 Å². The van der Waals surface area contributed by atoms with Crippen molar-refractivity contribution in [1.82, 2.24) is 4.57 Å². The van der Waals surface area contributed by atoms with Crippen molar-refractivity contribution in [3.05, 3.63) is 42.6 Å². The predicted molar refractivity (Wildman–Crippen MR) is 85.6 cm³/mol. The van der Waals surface area contributed by atoms with Crippen LogP contribution in [0.5, 0.6) is 17.4 Å². The molecule has 3 aromatic rings. The van der Waals surface area contributed by atoms with Crippen molar-refractivity contribution >= 4 is 22.4 Å². The average molecular weight is 310 g/mol. The molecule has 0 fully saturated rings. The number of hydrogen-bond donors (Lipinski definition) is 2. The highest BCUT2D eigenvalue weighted by molar-refractivity contribution is 5.95. The van der Waals surface area contributed by atoms with E-state index in [2.05, 4.69) is 5.32 Å². The van der Waals surface area contributed by atoms with Gasteiger partial charge in [-0.1, -0.05) is 0 Å². The van der Waals surface area contributed by atoms with Gasteiger partial charge in [0, 0.05) is 23.0 Å². The zero-order valence-corrected chi connectivity index (χ0v) is 12.4. The van der Waals surface area contributed by atoms with Gasteiger partial charge >= 0.3 is 0 Å². The van der Waals surface area contributed by atoms with Crippen LogP contribution >= 0.6 is 0 Å². The second-order valence-electron chi connectivity index (χ2n) is 5.29. The molecule has 0 radical (unpaired) electrons. The van der Waals surface area contributed by atoms with Crippen LogP contribution in [0.3, 0.4) is 0 Å². The first-order valence-corrected chi connectivity index (χ1v) is 7.11. The third-order valence-corrected chi connectivity index (χ3v) is 3.87. The zero-order chi connectivity index (χ0) is 16.0. The number of carbonyl (C=O) groups excluding carboxylic acids is 1. The number of fused-ring (bicyclic) bond motifs is 2. The molecule has 2 heterocycles. The number of aromatic nitrogens is 1. The van der Waals surface area contributed by atoms with E-state index in [0.717, 1.165) is 11.1 Å². The van der Waals surface area contributed by atoms with Crippen LogP contribution in [0.1, 0.15) is 0 Å². The summed E-state index contributed by atoms with van der Waals surface area (Å²) in [4.78, 5) is 11.3. The van der Waals surface area contributed by atoms with Crippen LogP contribution in [-0.2, 0) is 4.79 Å². The molecule has 1 aromatic heterocycles. The fraction of sp³-hybridized carbons (Fsp3) is 0.118. The molecule has 6 nitrogen and oxygen atoms in total. The summed E-state index contributed by atoms with van der Waals surface area (Å²) < 4.78 is 12.3. The third-order valence-electron chi connectivity index (χ3n) is 3.87. The van der Waals surface area contributed by atoms with Gasteiger partial charge in [0.15, 0.2) is 6.61 Å². The zero-order valence-electron chi connectivity index (χ0n) is 12.4. The smallest absolute Gasteiger partial charge is 0.262 e. The summed E-state index contributed by atoms with van der Waals surface area (Å²) in [7, 11) is 1.59. The number of benzene rings is 2. The summed E-state index contributed by atoms with van der Waals surface area (Å²) >= 11 is 0. The van der Waals surface area contributed by atoms with Crippen molar-refractivity contribution in [2.75, 3.05) is 19.0 Å². The number of amides is 1. The highest BCUT2D eigenvalue weighted by Crippen LogP contribution is 2.35. The number of hydrogen-bond acceptors (Lipinski definition) is 4. The Morgan fingerprint density at radius 3 is 2.96 bits per heavy atom. The van der Waals surface area contributed by atoms with E-state index in [0.29, 0.717) is 22.6 Å². The Morgan fingerprint density at radius 2 is 2.13 bits per heavy atom. The normalized spacial score (nSPS) is 13.3. The van der Waals surface area contributed by atoms with Gasteiger partial charge in [0.1, 0.15) is 11.5 Å². The second kappa shape index (κ2) is 4.95. The van der Waals surface area contributed by atoms with Crippen LogP contribution < -0.4 is 14.8 Å². The van der Waals surface area contributed by atoms with Gasteiger partial charge in [-0.05, 0) is 30.3 Å². The summed E-state index contributed by atoms with van der Waals surface area (Å²) in [5.74, 6) is 1.21. The molecule has 2 aromatic carbocycles. The molecule has 1 aliphatic heterocycles. The molecule has 1 amide bonds. The second-order valence-corrected chi connectivity index (χ2v) is 5.29. The van der Waals surface area contributed by atoms with Gasteiger partial charge in [-0.3, -0.25) is 9.36 Å². The molecule has 2 N–H and O–H groups in total. The molecule has 0 saturated carbocycles. The monoisotopic (exact) mass is 310 g/mol. The number of aromatic hydroxyl groups is 1. The Morgan fingerprint density at radius 1 is 1.26 bits per heavy atom. The van der Waals surface area contributed by atoms with E-state index in [-0.39, 0.29) is 18.4 Å². The Labute approximate surface area is 131 Å². The lowest BCUT2D eigenvalue weighted by molar-refractivity contribution is -0.118. The van der Waals surface area contributed by atoms with Crippen molar-refractivity contribution < 1.29 is 19.4 Å². The van der Waals surface area contributed by atoms with Gasteiger partial charge in [0.25, 0.3) is 5.91 Å². The Hall–Kier alpha value is -3.15. The summed E-state index contributed by atoms with van der Waals surface area (Å²) in [5.41, 5.74) is 1.37. The van der Waals surface area contributed by atoms with Gasteiger partial charge in [-0.2, -0.15) is 0 Å². The standard InChI is InChI=1S/C17H14N2O4/c1-22-12-4-2-10-8-19(17(21)13(10)7-12)11-3-5-14-15(6-11)23-9-16(20)18-14/h2-8,21H,9H2,1H3,(H,18,20). The molecule has 0 unspecified atom stereocenters. The Kier molecular flexibility index (Phi) is 2.90. The van der Waals surface area contributed by atoms with E-state index in [1.165, 1.54) is 0 Å². The fourth-order valence-electron chi connectivity index (χ4n) is 2.71. The number of carbonyl (C=O) groups is 1. The first-order valence-electron chi connectivity index (χ1n) is 7.11. The van der Waals surface area contributed by atoms with Crippen LogP contribution in [0.25, 0.3) is 16.5 Å². The minimum absolute atomic E-state index is 0.00666. The summed E-state index contributed by atoms with van der Waals surface area (Å²) in [6, 6.07) is 10.9. The van der Waals surface area contributed by atoms with Crippen LogP contribution in [0.4, 0.5) is 5.69 Å². The third kappa shape index (κ3) is 2.15. The van der Waals surface area contributed by atoms with Crippen LogP contribution in [0.2, 0.25) is 0 Å². The number of ether oxygens (including phenoxy) is 2. The maximum absolute atomic E-state index is 11.3. The molecular weight excluding hydrogens is 296 g/mol. The Bertz CT molecular complexity index is 930. The number of anilines is 1. The van der Waals surface area contributed by atoms with Gasteiger partial charge in [0.2, 0.25) is 5.88 Å². The largest absolute Gasteiger partial charge is 0.497 e. The maximum atomic E-state index is 11.3. The van der Waals surface area contributed by atoms with Crippen molar-refractivity contribution in [2.45, 2.75) is 0 Å². The van der Waals surface area contributed by atoms with Crippen molar-refractivity contribution in [2.24, 2.45) is 0 Å². The number of rotatable bonds is 2. The SMILES string of the molecule is COc1ccc2cn(-c3ccc4c(c3)OCC(=O)N4)c(O)c2c1. The lowest BCUT2D eigenvalue weighted by Crippen LogP contribution is -2.25. The molecule has 1 aliphatic rings. The lowest BCUT2D eigenvalue weighted by Gasteiger charge is -2.18. The molecular formula is C17H14N2O4. The highest BCUT2D eigenvalue weighted by Gasteiger charge is 2.18. The van der Waals surface area contributed by atoms with Crippen LogP contribution in [0.15, 0.2) is 42.6 Å². The van der Waals surface area contributed by atoms with E-state index in [1.54, 1.807) is 29.9 Å². The van der Waals surface area contributed by atoms with E-state index in [1.807, 2.05) is 24.4 Å². The minimum Gasteiger partial charge on any atom is -0.497 e. The number of nitrogens with one attached hydrogen (secondary N) is 1. The quantitative estimate of drug-likeness (QED) is 0.763. The molecule has 0 spiro atoms. The molecule has 4 rings (SSSR count). The summed E-state index contributed by atoms with van der Waals surface area (Å²) in [6.07, 6.45) is 1.84. The number of nitrogens with zero attached hydrogens (tertiary/aromatic N) is 1. The molecule has 0 atom stereocenters. The minimum atomic E-state index is -0.174. The lowest BCUT2D eigenvalue weighted by atomic mass is 10.2. The number of methoxy groups -OCH3 is 1. The van der Waals surface area contributed by atoms with E-state index < -0.39 is 0 Å². The predicted octanol–water partition coefficient (Wildman–Crippen LogP) is 2.68. The molecule has 0 bridgehead atoms. The highest BCUT2D eigenvalue weighted by atomic mass is 16.5. The van der Waals surface area contributed by atoms with Crippen LogP contribution in [0, 0.1) is 0 Å². The van der Waals surface area contributed by atoms with Gasteiger partial charge < -0.3 is 19.9 Å². The molecule has 0 saturated heterocycles. The van der Waals surface area contributed by atoms with Gasteiger partial charge in [-0.15, -0.1) is 0 Å². The molecule has 0 aliphatic carbocycles. The van der Waals surface area contributed by atoms with E-state index in [4.69, 9.17) is 9.47 Å². The van der Waals surface area contributed by atoms with E-state index in [9.17, 15) is 9.90 Å². The van der Waals surface area contributed by atoms with Crippen molar-refractivity contribution in [3.8, 4) is 23.1 Å². The van der Waals surface area contributed by atoms with Crippen LogP contribution in [-0.4, -0.2) is 29.3 Å². The molecule has 6 heteroatoms. The molecule has 116 valence electrons. The topological polar surface area (TPSA) is 72.7 Å². The maximum Gasteiger partial charge on any atom is 0.262 e. The van der Waals surface area contributed by atoms with Gasteiger partial charge in [0.05, 0.1) is 18.5 Å². The first kappa shape index (κ1) is 13.5. The first-order chi connectivity index (χ1) is 11.2. The van der Waals surface area contributed by atoms with Gasteiger partial charge in [-0.25, -0.2) is 0 Å². The van der Waals surface area contributed by atoms with Crippen molar-refractivity contribution in [1.29, 1.82) is 0 Å².